The van der Waals surface area contributed by atoms with Crippen LogP contribution in [0.1, 0.15) is 37.7 Å². The predicted octanol–water partition coefficient (Wildman–Crippen LogP) is 2.54. The van der Waals surface area contributed by atoms with Crippen molar-refractivity contribution in [2.75, 3.05) is 54.9 Å². The smallest absolute Gasteiger partial charge is 0.248 e. The first-order valence-corrected chi connectivity index (χ1v) is 12.4. The number of amides is 1. The third kappa shape index (κ3) is 3.51. The number of anilines is 4. The Morgan fingerprint density at radius 1 is 1.09 bits per heavy atom. The van der Waals surface area contributed by atoms with E-state index in [1.807, 2.05) is 18.1 Å². The van der Waals surface area contributed by atoms with E-state index >= 15 is 0 Å². The second-order valence-corrected chi connectivity index (χ2v) is 9.94. The molecule has 2 aromatic rings. The summed E-state index contributed by atoms with van der Waals surface area (Å²) in [6, 6.07) is 8.91. The first kappa shape index (κ1) is 20.7. The quantitative estimate of drug-likeness (QED) is 0.746. The monoisotopic (exact) mass is 447 g/mol. The van der Waals surface area contributed by atoms with Crippen molar-refractivity contribution in [3.8, 4) is 0 Å². The summed E-state index contributed by atoms with van der Waals surface area (Å²) in [7, 11) is 1.93. The minimum Gasteiger partial charge on any atom is -0.369 e. The fourth-order valence-corrected chi connectivity index (χ4v) is 6.19. The Hall–Kier alpha value is -2.87. The molecule has 0 bridgehead atoms. The van der Waals surface area contributed by atoms with Gasteiger partial charge in [0.1, 0.15) is 11.4 Å². The molecule has 1 saturated carbocycles. The summed E-state index contributed by atoms with van der Waals surface area (Å²) in [4.78, 5) is 29.6. The summed E-state index contributed by atoms with van der Waals surface area (Å²) >= 11 is 0. The number of hydrogen-bond donors (Lipinski definition) is 2. The zero-order chi connectivity index (χ0) is 22.4. The molecule has 0 radical (unpaired) electrons. The molecule has 8 nitrogen and oxygen atoms in total. The van der Waals surface area contributed by atoms with Crippen LogP contribution < -0.4 is 20.4 Å². The summed E-state index contributed by atoms with van der Waals surface area (Å²) in [6.45, 7) is 4.94. The summed E-state index contributed by atoms with van der Waals surface area (Å²) in [6.07, 6.45) is 8.25. The van der Waals surface area contributed by atoms with E-state index < -0.39 is 5.54 Å². The van der Waals surface area contributed by atoms with E-state index in [0.29, 0.717) is 12.0 Å². The molecular formula is C25H33N7O. The number of hydrogen-bond acceptors (Lipinski definition) is 7. The van der Waals surface area contributed by atoms with Gasteiger partial charge in [-0.2, -0.15) is 4.98 Å². The standard InChI is InChI=1S/C25H33N7O/c1-30-13-10-25(23(30)33)16-18-17-27-24(29-22(18)32(25)21-4-2-3-5-21)28-19-6-8-20(9-7-19)31-14-11-26-12-15-31/h6-9,17,21,26H,2-5,10-16H2,1H3,(H,27,28,29). The van der Waals surface area contributed by atoms with Crippen LogP contribution in [0, 0.1) is 0 Å². The summed E-state index contributed by atoms with van der Waals surface area (Å²) in [5.74, 6) is 1.80. The molecule has 1 aliphatic carbocycles. The number of nitrogens with zero attached hydrogens (tertiary/aromatic N) is 5. The van der Waals surface area contributed by atoms with E-state index in [1.165, 1.54) is 18.5 Å². The number of aromatic nitrogens is 2. The van der Waals surface area contributed by atoms with E-state index in [2.05, 4.69) is 49.7 Å². The molecule has 2 N–H and O–H groups in total. The highest BCUT2D eigenvalue weighted by Gasteiger charge is 2.57. The van der Waals surface area contributed by atoms with Gasteiger partial charge in [0.25, 0.3) is 0 Å². The third-order valence-electron chi connectivity index (χ3n) is 7.91. The lowest BCUT2D eigenvalue weighted by Gasteiger charge is -2.39. The topological polar surface area (TPSA) is 76.6 Å². The van der Waals surface area contributed by atoms with Crippen molar-refractivity contribution in [2.24, 2.45) is 0 Å². The van der Waals surface area contributed by atoms with Gasteiger partial charge in [-0.1, -0.05) is 12.8 Å². The first-order valence-electron chi connectivity index (χ1n) is 12.4. The number of fused-ring (bicyclic) bond motifs is 1. The van der Waals surface area contributed by atoms with Gasteiger partial charge in [0.05, 0.1) is 0 Å². The molecule has 1 unspecified atom stereocenters. The maximum absolute atomic E-state index is 13.3. The van der Waals surface area contributed by atoms with Crippen molar-refractivity contribution in [1.82, 2.24) is 20.2 Å². The molecule has 1 amide bonds. The number of benzene rings is 1. The maximum Gasteiger partial charge on any atom is 0.248 e. The van der Waals surface area contributed by atoms with Gasteiger partial charge >= 0.3 is 0 Å². The molecule has 8 heteroatoms. The predicted molar refractivity (Wildman–Crippen MR) is 130 cm³/mol. The fourth-order valence-electron chi connectivity index (χ4n) is 6.19. The lowest BCUT2D eigenvalue weighted by molar-refractivity contribution is -0.131. The first-order chi connectivity index (χ1) is 16.1. The van der Waals surface area contributed by atoms with Crippen LogP contribution in [0.2, 0.25) is 0 Å². The van der Waals surface area contributed by atoms with Crippen LogP contribution in [0.25, 0.3) is 0 Å². The maximum atomic E-state index is 13.3. The van der Waals surface area contributed by atoms with Gasteiger partial charge in [0, 0.05) is 75.4 Å². The summed E-state index contributed by atoms with van der Waals surface area (Å²) in [5.41, 5.74) is 2.86. The molecule has 1 atom stereocenters. The minimum absolute atomic E-state index is 0.241. The van der Waals surface area contributed by atoms with Crippen molar-refractivity contribution >= 4 is 29.0 Å². The van der Waals surface area contributed by atoms with Crippen LogP contribution in [0.4, 0.5) is 23.1 Å². The zero-order valence-electron chi connectivity index (χ0n) is 19.4. The summed E-state index contributed by atoms with van der Waals surface area (Å²) < 4.78 is 0. The van der Waals surface area contributed by atoms with Crippen molar-refractivity contribution in [2.45, 2.75) is 50.1 Å². The molecule has 2 saturated heterocycles. The number of nitrogens with one attached hydrogen (secondary N) is 2. The molecule has 6 rings (SSSR count). The van der Waals surface area contributed by atoms with Crippen molar-refractivity contribution in [3.63, 3.8) is 0 Å². The Kier molecular flexibility index (Phi) is 5.13. The van der Waals surface area contributed by atoms with Crippen LogP contribution in [0.15, 0.2) is 30.5 Å². The normalized spacial score (nSPS) is 25.4. The highest BCUT2D eigenvalue weighted by atomic mass is 16.2. The molecular weight excluding hydrogens is 414 g/mol. The van der Waals surface area contributed by atoms with Crippen LogP contribution in [-0.2, 0) is 11.2 Å². The van der Waals surface area contributed by atoms with E-state index in [1.54, 1.807) is 0 Å². The van der Waals surface area contributed by atoms with Crippen LogP contribution in [0.3, 0.4) is 0 Å². The van der Waals surface area contributed by atoms with Gasteiger partial charge in [0.15, 0.2) is 0 Å². The number of rotatable bonds is 4. The van der Waals surface area contributed by atoms with Gasteiger partial charge in [0.2, 0.25) is 11.9 Å². The van der Waals surface area contributed by atoms with Crippen molar-refractivity contribution in [1.29, 1.82) is 0 Å². The zero-order valence-corrected chi connectivity index (χ0v) is 19.4. The summed E-state index contributed by atoms with van der Waals surface area (Å²) in [5, 5.41) is 6.80. The van der Waals surface area contributed by atoms with Gasteiger partial charge in [-0.3, -0.25) is 4.79 Å². The van der Waals surface area contributed by atoms with E-state index in [0.717, 1.165) is 75.5 Å². The average molecular weight is 448 g/mol. The average Bonchev–Trinajstić information content (AvgIpc) is 3.55. The molecule has 33 heavy (non-hydrogen) atoms. The Morgan fingerprint density at radius 3 is 2.55 bits per heavy atom. The lowest BCUT2D eigenvalue weighted by Crippen LogP contribution is -2.56. The van der Waals surface area contributed by atoms with Crippen LogP contribution in [-0.4, -0.2) is 72.1 Å². The Labute approximate surface area is 195 Å². The number of carbonyl (C=O) groups excluding carboxylic acids is 1. The Morgan fingerprint density at radius 2 is 1.85 bits per heavy atom. The second kappa shape index (κ2) is 8.17. The van der Waals surface area contributed by atoms with Gasteiger partial charge < -0.3 is 25.3 Å². The fraction of sp³-hybridized carbons (Fsp3) is 0.560. The van der Waals surface area contributed by atoms with Crippen molar-refractivity contribution in [3.05, 3.63) is 36.0 Å². The molecule has 4 aliphatic rings. The SMILES string of the molecule is CN1CCC2(Cc3cnc(Nc4ccc(N5CCNCC5)cc4)nc3N2C2CCCC2)C1=O. The van der Waals surface area contributed by atoms with E-state index in [-0.39, 0.29) is 5.91 Å². The second-order valence-electron chi connectivity index (χ2n) is 9.94. The van der Waals surface area contributed by atoms with Gasteiger partial charge in [-0.15, -0.1) is 0 Å². The Bertz CT molecular complexity index is 1030. The van der Waals surface area contributed by atoms with E-state index in [9.17, 15) is 4.79 Å². The number of carbonyl (C=O) groups is 1. The van der Waals surface area contributed by atoms with E-state index in [4.69, 9.17) is 4.98 Å². The number of likely N-dealkylation sites (N-methyl/N-ethyl adjacent to an activating group) is 1. The highest BCUT2D eigenvalue weighted by molar-refractivity contribution is 5.94. The number of piperazine rings is 1. The largest absolute Gasteiger partial charge is 0.369 e. The molecule has 4 heterocycles. The van der Waals surface area contributed by atoms with Crippen LogP contribution in [0.5, 0.6) is 0 Å². The van der Waals surface area contributed by atoms with Crippen LogP contribution >= 0.6 is 0 Å². The minimum atomic E-state index is -0.468. The van der Waals surface area contributed by atoms with Crippen molar-refractivity contribution < 1.29 is 4.79 Å². The lowest BCUT2D eigenvalue weighted by atomic mass is 9.91. The van der Waals surface area contributed by atoms with Gasteiger partial charge in [-0.25, -0.2) is 4.98 Å². The number of likely N-dealkylation sites (tertiary alicyclic amines) is 1. The molecule has 174 valence electrons. The highest BCUT2D eigenvalue weighted by Crippen LogP contribution is 2.47. The Balaban J connectivity index is 1.26. The molecule has 3 fully saturated rings. The molecule has 1 aromatic heterocycles. The molecule has 3 aliphatic heterocycles. The van der Waals surface area contributed by atoms with Gasteiger partial charge in [-0.05, 0) is 43.5 Å². The third-order valence-corrected chi connectivity index (χ3v) is 7.91. The molecule has 1 aromatic carbocycles. The molecule has 1 spiro atoms.